The molecule has 1 unspecified atom stereocenters. The fraction of sp³-hybridized carbons (Fsp3) is 0.133. The summed E-state index contributed by atoms with van der Waals surface area (Å²) >= 11 is 3.43. The van der Waals surface area contributed by atoms with Gasteiger partial charge in [-0.1, -0.05) is 0 Å². The maximum absolute atomic E-state index is 13.4. The van der Waals surface area contributed by atoms with Crippen molar-refractivity contribution in [1.82, 2.24) is 9.55 Å². The molecule has 3 rings (SSSR count). The highest BCUT2D eigenvalue weighted by atomic mass is 79.9. The van der Waals surface area contributed by atoms with Crippen LogP contribution in [0.4, 0.5) is 13.2 Å². The Morgan fingerprint density at radius 2 is 1.86 bits per heavy atom. The molecule has 0 aliphatic carbocycles. The van der Waals surface area contributed by atoms with E-state index in [0.29, 0.717) is 11.2 Å². The highest BCUT2D eigenvalue weighted by Crippen LogP contribution is 2.30. The second-order valence-electron chi connectivity index (χ2n) is 4.73. The van der Waals surface area contributed by atoms with Gasteiger partial charge in [0.15, 0.2) is 17.5 Å². The molecule has 2 nitrogen and oxygen atoms in total. The van der Waals surface area contributed by atoms with Crippen molar-refractivity contribution in [3.8, 4) is 0 Å². The molecule has 21 heavy (non-hydrogen) atoms. The van der Waals surface area contributed by atoms with Crippen LogP contribution in [-0.2, 0) is 0 Å². The molecule has 3 aromatic rings. The van der Waals surface area contributed by atoms with Crippen LogP contribution in [0.1, 0.15) is 18.5 Å². The number of nitrogens with zero attached hydrogens (tertiary/aromatic N) is 2. The van der Waals surface area contributed by atoms with Crippen molar-refractivity contribution in [1.29, 1.82) is 0 Å². The van der Waals surface area contributed by atoms with Gasteiger partial charge in [-0.3, -0.25) is 0 Å². The molecule has 0 spiro atoms. The Morgan fingerprint density at radius 3 is 2.52 bits per heavy atom. The van der Waals surface area contributed by atoms with Gasteiger partial charge in [-0.2, -0.15) is 0 Å². The van der Waals surface area contributed by atoms with Crippen LogP contribution in [0.25, 0.3) is 11.0 Å². The lowest BCUT2D eigenvalue weighted by Gasteiger charge is -2.15. The molecule has 0 amide bonds. The first kappa shape index (κ1) is 14.1. The van der Waals surface area contributed by atoms with Crippen molar-refractivity contribution in [3.63, 3.8) is 0 Å². The van der Waals surface area contributed by atoms with Crippen molar-refractivity contribution in [2.45, 2.75) is 13.0 Å². The van der Waals surface area contributed by atoms with E-state index in [0.717, 1.165) is 22.0 Å². The van der Waals surface area contributed by atoms with Crippen LogP contribution in [0.3, 0.4) is 0 Å². The van der Waals surface area contributed by atoms with Gasteiger partial charge in [-0.15, -0.1) is 0 Å². The first-order chi connectivity index (χ1) is 9.99. The summed E-state index contributed by atoms with van der Waals surface area (Å²) in [5, 5.41) is 0.896. The Kier molecular flexibility index (Phi) is 3.49. The van der Waals surface area contributed by atoms with E-state index < -0.39 is 23.5 Å². The first-order valence-corrected chi connectivity index (χ1v) is 7.04. The number of benzene rings is 1. The minimum absolute atomic E-state index is 0.335. The molecule has 0 fully saturated rings. The molecule has 6 heteroatoms. The maximum atomic E-state index is 13.4. The van der Waals surface area contributed by atoms with Gasteiger partial charge in [0, 0.05) is 22.3 Å². The lowest BCUT2D eigenvalue weighted by molar-refractivity contribution is 0.442. The van der Waals surface area contributed by atoms with Crippen molar-refractivity contribution in [2.24, 2.45) is 0 Å². The molecule has 2 aromatic heterocycles. The number of fused-ring (bicyclic) bond motifs is 1. The van der Waals surface area contributed by atoms with E-state index in [2.05, 4.69) is 20.9 Å². The van der Waals surface area contributed by atoms with Crippen molar-refractivity contribution in [2.75, 3.05) is 0 Å². The molecule has 0 N–H and O–H groups in total. The zero-order valence-electron chi connectivity index (χ0n) is 10.9. The van der Waals surface area contributed by atoms with E-state index in [1.54, 1.807) is 30.0 Å². The fourth-order valence-electron chi connectivity index (χ4n) is 2.31. The van der Waals surface area contributed by atoms with Crippen LogP contribution in [0.5, 0.6) is 0 Å². The molecule has 0 aliphatic heterocycles. The minimum atomic E-state index is -1.46. The van der Waals surface area contributed by atoms with Gasteiger partial charge >= 0.3 is 0 Å². The SMILES string of the molecule is CC(c1cc(F)c(F)c(F)c1)n1cc(Br)c2cccnc21. The lowest BCUT2D eigenvalue weighted by Crippen LogP contribution is -2.08. The maximum Gasteiger partial charge on any atom is 0.194 e. The summed E-state index contributed by atoms with van der Waals surface area (Å²) in [6.07, 6.45) is 3.44. The second kappa shape index (κ2) is 5.18. The topological polar surface area (TPSA) is 17.8 Å². The van der Waals surface area contributed by atoms with Crippen molar-refractivity contribution < 1.29 is 13.2 Å². The summed E-state index contributed by atoms with van der Waals surface area (Å²) in [6.45, 7) is 1.77. The molecule has 0 radical (unpaired) electrons. The van der Waals surface area contributed by atoms with E-state index >= 15 is 0 Å². The summed E-state index contributed by atoms with van der Waals surface area (Å²) in [6, 6.07) is 5.32. The normalized spacial score (nSPS) is 12.8. The summed E-state index contributed by atoms with van der Waals surface area (Å²) in [4.78, 5) is 4.28. The monoisotopic (exact) mass is 354 g/mol. The third kappa shape index (κ3) is 2.33. The standard InChI is InChI=1S/C15H10BrF3N2/c1-8(9-5-12(17)14(19)13(18)6-9)21-7-11(16)10-3-2-4-20-15(10)21/h2-8H,1H3. The Balaban J connectivity index is 2.15. The predicted molar refractivity (Wildman–Crippen MR) is 77.6 cm³/mol. The summed E-state index contributed by atoms with van der Waals surface area (Å²) in [7, 11) is 0. The smallest absolute Gasteiger partial charge is 0.194 e. The molecule has 0 bridgehead atoms. The number of aromatic nitrogens is 2. The second-order valence-corrected chi connectivity index (χ2v) is 5.59. The molecule has 1 atom stereocenters. The molecule has 108 valence electrons. The molecular formula is C15H10BrF3N2. The Morgan fingerprint density at radius 1 is 1.19 bits per heavy atom. The first-order valence-electron chi connectivity index (χ1n) is 6.24. The van der Waals surface area contributed by atoms with E-state index in [1.807, 2.05) is 6.07 Å². The Hall–Kier alpha value is -1.82. The van der Waals surface area contributed by atoms with Gasteiger partial charge in [0.25, 0.3) is 0 Å². The van der Waals surface area contributed by atoms with Gasteiger partial charge in [0.2, 0.25) is 0 Å². The number of rotatable bonds is 2. The van der Waals surface area contributed by atoms with Crippen molar-refractivity contribution in [3.05, 3.63) is 64.1 Å². The zero-order valence-corrected chi connectivity index (χ0v) is 12.5. The summed E-state index contributed by atoms with van der Waals surface area (Å²) < 4.78 is 42.4. The summed E-state index contributed by atoms with van der Waals surface area (Å²) in [5.41, 5.74) is 1.02. The Bertz CT molecular complexity index is 806. The van der Waals surface area contributed by atoms with E-state index in [4.69, 9.17) is 0 Å². The highest BCUT2D eigenvalue weighted by molar-refractivity contribution is 9.10. The van der Waals surface area contributed by atoms with E-state index in [9.17, 15) is 13.2 Å². The van der Waals surface area contributed by atoms with Gasteiger partial charge in [0.05, 0.1) is 6.04 Å². The average Bonchev–Trinajstić information content (AvgIpc) is 2.81. The lowest BCUT2D eigenvalue weighted by atomic mass is 10.1. The number of halogens is 4. The summed E-state index contributed by atoms with van der Waals surface area (Å²) in [5.74, 6) is -3.84. The van der Waals surface area contributed by atoms with Gasteiger partial charge < -0.3 is 4.57 Å². The Labute approximate surface area is 127 Å². The van der Waals surface area contributed by atoms with Crippen molar-refractivity contribution >= 4 is 27.0 Å². The molecule has 0 saturated heterocycles. The molecular weight excluding hydrogens is 345 g/mol. The molecule has 0 saturated carbocycles. The van der Waals surface area contributed by atoms with Crippen LogP contribution >= 0.6 is 15.9 Å². The highest BCUT2D eigenvalue weighted by Gasteiger charge is 2.18. The van der Waals surface area contributed by atoms with Crippen LogP contribution in [0, 0.1) is 17.5 Å². The average molecular weight is 355 g/mol. The molecule has 1 aromatic carbocycles. The van der Waals surface area contributed by atoms with Crippen LogP contribution in [0.2, 0.25) is 0 Å². The number of pyridine rings is 1. The predicted octanol–water partition coefficient (Wildman–Crippen LogP) is 4.83. The minimum Gasteiger partial charge on any atom is -0.324 e. The fourth-order valence-corrected chi connectivity index (χ4v) is 2.84. The number of hydrogen-bond acceptors (Lipinski definition) is 1. The van der Waals surface area contributed by atoms with E-state index in [-0.39, 0.29) is 0 Å². The largest absolute Gasteiger partial charge is 0.324 e. The molecule has 2 heterocycles. The third-order valence-corrected chi connectivity index (χ3v) is 4.08. The third-order valence-electron chi connectivity index (χ3n) is 3.45. The van der Waals surface area contributed by atoms with Gasteiger partial charge in [-0.05, 0) is 52.7 Å². The van der Waals surface area contributed by atoms with Crippen LogP contribution in [0.15, 0.2) is 41.1 Å². The van der Waals surface area contributed by atoms with Crippen LogP contribution < -0.4 is 0 Å². The van der Waals surface area contributed by atoms with Gasteiger partial charge in [-0.25, -0.2) is 18.2 Å². The quantitative estimate of drug-likeness (QED) is 0.603. The van der Waals surface area contributed by atoms with E-state index in [1.165, 1.54) is 0 Å². The zero-order chi connectivity index (χ0) is 15.1. The van der Waals surface area contributed by atoms with Crippen LogP contribution in [-0.4, -0.2) is 9.55 Å². The number of hydrogen-bond donors (Lipinski definition) is 0. The molecule has 0 aliphatic rings. The van der Waals surface area contributed by atoms with Gasteiger partial charge in [0.1, 0.15) is 5.65 Å².